The summed E-state index contributed by atoms with van der Waals surface area (Å²) in [6, 6.07) is 9.35. The Balaban J connectivity index is 1.85. The molecule has 116 valence electrons. The smallest absolute Gasteiger partial charge is 0.191 e. The summed E-state index contributed by atoms with van der Waals surface area (Å²) >= 11 is 0. The average molecular weight is 288 g/mol. The van der Waals surface area contributed by atoms with Gasteiger partial charge < -0.3 is 15.5 Å². The Morgan fingerprint density at radius 3 is 2.71 bits per heavy atom. The van der Waals surface area contributed by atoms with Crippen molar-refractivity contribution in [2.75, 3.05) is 20.6 Å². The summed E-state index contributed by atoms with van der Waals surface area (Å²) in [7, 11) is 3.97. The van der Waals surface area contributed by atoms with Gasteiger partial charge in [-0.3, -0.25) is 4.99 Å². The van der Waals surface area contributed by atoms with Gasteiger partial charge in [0.15, 0.2) is 5.96 Å². The highest BCUT2D eigenvalue weighted by Crippen LogP contribution is 2.28. The van der Waals surface area contributed by atoms with E-state index in [1.165, 1.54) is 17.5 Å². The van der Waals surface area contributed by atoms with Gasteiger partial charge in [-0.25, -0.2) is 0 Å². The van der Waals surface area contributed by atoms with Gasteiger partial charge in [0, 0.05) is 26.2 Å². The van der Waals surface area contributed by atoms with Crippen LogP contribution in [0.2, 0.25) is 0 Å². The molecule has 2 unspecified atom stereocenters. The molecule has 21 heavy (non-hydrogen) atoms. The van der Waals surface area contributed by atoms with Crippen molar-refractivity contribution in [3.05, 3.63) is 35.4 Å². The minimum absolute atomic E-state index is 0.598. The predicted octanol–water partition coefficient (Wildman–Crippen LogP) is 2.21. The highest BCUT2D eigenvalue weighted by atomic mass is 15.2. The Morgan fingerprint density at radius 1 is 1.38 bits per heavy atom. The molecule has 1 aliphatic carbocycles. The lowest BCUT2D eigenvalue weighted by Crippen LogP contribution is -2.38. The second-order valence-corrected chi connectivity index (χ2v) is 6.04. The predicted molar refractivity (Wildman–Crippen MR) is 89.4 cm³/mol. The van der Waals surface area contributed by atoms with Crippen molar-refractivity contribution in [1.82, 2.24) is 15.5 Å². The first kappa shape index (κ1) is 15.8. The molecule has 0 radical (unpaired) electrons. The average Bonchev–Trinajstić information content (AvgIpc) is 3.19. The maximum atomic E-state index is 4.29. The first-order valence-electron chi connectivity index (χ1n) is 7.86. The quantitative estimate of drug-likeness (QED) is 0.623. The second kappa shape index (κ2) is 7.46. The van der Waals surface area contributed by atoms with Gasteiger partial charge in [0.2, 0.25) is 0 Å². The van der Waals surface area contributed by atoms with E-state index >= 15 is 0 Å². The Labute approximate surface area is 128 Å². The number of rotatable bonds is 6. The lowest BCUT2D eigenvalue weighted by molar-refractivity contribution is 0.345. The van der Waals surface area contributed by atoms with Crippen LogP contribution in [-0.2, 0) is 13.1 Å². The SMILES string of the molecule is CCN(C)Cc1cccc(CNC(=NC)NC2CC2C)c1. The fourth-order valence-corrected chi connectivity index (χ4v) is 2.34. The summed E-state index contributed by atoms with van der Waals surface area (Å²) in [5, 5.41) is 6.84. The molecule has 1 aliphatic rings. The van der Waals surface area contributed by atoms with E-state index in [0.717, 1.165) is 31.5 Å². The molecule has 0 saturated heterocycles. The zero-order valence-electron chi connectivity index (χ0n) is 13.7. The molecule has 0 aromatic heterocycles. The molecular weight excluding hydrogens is 260 g/mol. The summed E-state index contributed by atoms with van der Waals surface area (Å²) in [6.07, 6.45) is 1.25. The summed E-state index contributed by atoms with van der Waals surface area (Å²) < 4.78 is 0. The number of nitrogens with zero attached hydrogens (tertiary/aromatic N) is 2. The van der Waals surface area contributed by atoms with E-state index in [9.17, 15) is 0 Å². The molecule has 0 aliphatic heterocycles. The number of guanidine groups is 1. The standard InChI is InChI=1S/C17H28N4/c1-5-21(4)12-15-8-6-7-14(10-15)11-19-17(18-3)20-16-9-13(16)2/h6-8,10,13,16H,5,9,11-12H2,1-4H3,(H2,18,19,20). The molecule has 1 saturated carbocycles. The first-order chi connectivity index (χ1) is 10.1. The molecule has 1 aromatic rings. The van der Waals surface area contributed by atoms with Crippen LogP contribution >= 0.6 is 0 Å². The summed E-state index contributed by atoms with van der Waals surface area (Å²) in [5.74, 6) is 1.68. The molecule has 2 N–H and O–H groups in total. The Kier molecular flexibility index (Phi) is 5.62. The number of benzene rings is 1. The van der Waals surface area contributed by atoms with Crippen molar-refractivity contribution in [2.45, 2.75) is 39.4 Å². The van der Waals surface area contributed by atoms with Crippen molar-refractivity contribution < 1.29 is 0 Å². The topological polar surface area (TPSA) is 39.7 Å². The van der Waals surface area contributed by atoms with Crippen LogP contribution in [-0.4, -0.2) is 37.5 Å². The van der Waals surface area contributed by atoms with Gasteiger partial charge in [-0.15, -0.1) is 0 Å². The molecule has 1 aromatic carbocycles. The Hall–Kier alpha value is -1.55. The summed E-state index contributed by atoms with van der Waals surface area (Å²) in [4.78, 5) is 6.60. The first-order valence-corrected chi connectivity index (χ1v) is 7.86. The van der Waals surface area contributed by atoms with Crippen molar-refractivity contribution in [2.24, 2.45) is 10.9 Å². The number of hydrogen-bond donors (Lipinski definition) is 2. The fraction of sp³-hybridized carbons (Fsp3) is 0.588. The van der Waals surface area contributed by atoms with E-state index in [0.29, 0.717) is 6.04 Å². The van der Waals surface area contributed by atoms with Crippen LogP contribution in [0, 0.1) is 5.92 Å². The molecule has 0 amide bonds. The maximum Gasteiger partial charge on any atom is 0.191 e. The minimum Gasteiger partial charge on any atom is -0.353 e. The second-order valence-electron chi connectivity index (χ2n) is 6.04. The molecule has 2 rings (SSSR count). The van der Waals surface area contributed by atoms with E-state index in [4.69, 9.17) is 0 Å². The van der Waals surface area contributed by atoms with E-state index in [2.05, 4.69) is 65.7 Å². The number of hydrogen-bond acceptors (Lipinski definition) is 2. The maximum absolute atomic E-state index is 4.29. The third-order valence-corrected chi connectivity index (χ3v) is 4.10. The molecule has 2 atom stereocenters. The van der Waals surface area contributed by atoms with Crippen LogP contribution in [0.1, 0.15) is 31.4 Å². The largest absolute Gasteiger partial charge is 0.353 e. The zero-order chi connectivity index (χ0) is 15.2. The van der Waals surface area contributed by atoms with Gasteiger partial charge in [0.05, 0.1) is 0 Å². The van der Waals surface area contributed by atoms with Gasteiger partial charge in [0.1, 0.15) is 0 Å². The number of aliphatic imine (C=N–C) groups is 1. The minimum atomic E-state index is 0.598. The monoisotopic (exact) mass is 288 g/mol. The van der Waals surface area contributed by atoms with Gasteiger partial charge >= 0.3 is 0 Å². The molecular formula is C17H28N4. The van der Waals surface area contributed by atoms with E-state index in [-0.39, 0.29) is 0 Å². The van der Waals surface area contributed by atoms with Crippen molar-refractivity contribution in [1.29, 1.82) is 0 Å². The van der Waals surface area contributed by atoms with Crippen LogP contribution in [0.3, 0.4) is 0 Å². The Bertz CT molecular complexity index is 483. The highest BCUT2D eigenvalue weighted by molar-refractivity contribution is 5.80. The lowest BCUT2D eigenvalue weighted by Gasteiger charge is -2.15. The van der Waals surface area contributed by atoms with Crippen LogP contribution in [0.15, 0.2) is 29.3 Å². The summed E-state index contributed by atoms with van der Waals surface area (Å²) in [5.41, 5.74) is 2.65. The molecule has 0 bridgehead atoms. The zero-order valence-corrected chi connectivity index (χ0v) is 13.7. The van der Waals surface area contributed by atoms with Crippen molar-refractivity contribution in [3.63, 3.8) is 0 Å². The van der Waals surface area contributed by atoms with Crippen LogP contribution in [0.5, 0.6) is 0 Å². The number of nitrogens with one attached hydrogen (secondary N) is 2. The third kappa shape index (κ3) is 5.05. The Morgan fingerprint density at radius 2 is 2.10 bits per heavy atom. The van der Waals surface area contributed by atoms with Gasteiger partial charge in [-0.2, -0.15) is 0 Å². The van der Waals surface area contributed by atoms with Crippen LogP contribution < -0.4 is 10.6 Å². The molecule has 1 fully saturated rings. The molecule has 0 heterocycles. The molecule has 0 spiro atoms. The lowest BCUT2D eigenvalue weighted by atomic mass is 10.1. The van der Waals surface area contributed by atoms with Gasteiger partial charge in [-0.1, -0.05) is 38.1 Å². The van der Waals surface area contributed by atoms with Crippen LogP contribution in [0.4, 0.5) is 0 Å². The van der Waals surface area contributed by atoms with Gasteiger partial charge in [0.25, 0.3) is 0 Å². The van der Waals surface area contributed by atoms with Crippen molar-refractivity contribution >= 4 is 5.96 Å². The van der Waals surface area contributed by atoms with Crippen molar-refractivity contribution in [3.8, 4) is 0 Å². The third-order valence-electron chi connectivity index (χ3n) is 4.10. The van der Waals surface area contributed by atoms with Crippen LogP contribution in [0.25, 0.3) is 0 Å². The molecule has 4 heteroatoms. The molecule has 4 nitrogen and oxygen atoms in total. The fourth-order valence-electron chi connectivity index (χ4n) is 2.34. The van der Waals surface area contributed by atoms with Gasteiger partial charge in [-0.05, 0) is 37.1 Å². The summed E-state index contributed by atoms with van der Waals surface area (Å²) in [6.45, 7) is 7.32. The highest BCUT2D eigenvalue weighted by Gasteiger charge is 2.33. The normalized spacial score (nSPS) is 21.5. The van der Waals surface area contributed by atoms with E-state index < -0.39 is 0 Å². The van der Waals surface area contributed by atoms with E-state index in [1.54, 1.807) is 0 Å². The van der Waals surface area contributed by atoms with E-state index in [1.807, 2.05) is 7.05 Å².